The molecule has 0 spiro atoms. The van der Waals surface area contributed by atoms with Crippen molar-refractivity contribution in [2.24, 2.45) is 5.73 Å². The van der Waals surface area contributed by atoms with E-state index in [0.717, 1.165) is 45.6 Å². The van der Waals surface area contributed by atoms with Crippen LogP contribution in [-0.4, -0.2) is 37.2 Å². The van der Waals surface area contributed by atoms with E-state index >= 15 is 0 Å². The minimum atomic E-state index is 0.483. The number of nitrogens with two attached hydrogens (primary N) is 1. The second kappa shape index (κ2) is 8.31. The molecule has 1 heterocycles. The predicted molar refractivity (Wildman–Crippen MR) is 79.0 cm³/mol. The summed E-state index contributed by atoms with van der Waals surface area (Å²) in [7, 11) is 0. The number of ether oxygens (including phenoxy) is 1. The Morgan fingerprint density at radius 3 is 2.74 bits per heavy atom. The summed E-state index contributed by atoms with van der Waals surface area (Å²) in [6.07, 6.45) is 5.16. The molecular weight excluding hydrogens is 236 g/mol. The van der Waals surface area contributed by atoms with Crippen molar-refractivity contribution >= 4 is 0 Å². The molecule has 0 radical (unpaired) electrons. The zero-order chi connectivity index (χ0) is 13.3. The van der Waals surface area contributed by atoms with Crippen molar-refractivity contribution in [2.75, 3.05) is 26.2 Å². The Morgan fingerprint density at radius 1 is 1.21 bits per heavy atom. The van der Waals surface area contributed by atoms with Gasteiger partial charge in [-0.25, -0.2) is 0 Å². The Morgan fingerprint density at radius 2 is 2.05 bits per heavy atom. The van der Waals surface area contributed by atoms with E-state index < -0.39 is 0 Å². The van der Waals surface area contributed by atoms with E-state index in [2.05, 4.69) is 35.2 Å². The lowest BCUT2D eigenvalue weighted by atomic mass is 10.1. The highest BCUT2D eigenvalue weighted by Gasteiger charge is 2.16. The van der Waals surface area contributed by atoms with Crippen molar-refractivity contribution in [1.82, 2.24) is 4.90 Å². The second-order valence-corrected chi connectivity index (χ2v) is 5.33. The molecule has 1 fully saturated rings. The molecule has 1 unspecified atom stereocenters. The Labute approximate surface area is 116 Å². The first kappa shape index (κ1) is 14.5. The Hall–Kier alpha value is -0.900. The normalized spacial score (nSPS) is 19.2. The Kier molecular flexibility index (Phi) is 6.34. The Balaban J connectivity index is 1.80. The lowest BCUT2D eigenvalue weighted by Crippen LogP contribution is -2.29. The predicted octanol–water partition coefficient (Wildman–Crippen LogP) is 2.41. The van der Waals surface area contributed by atoms with E-state index in [1.54, 1.807) is 0 Å². The van der Waals surface area contributed by atoms with Gasteiger partial charge in [-0.1, -0.05) is 30.3 Å². The highest BCUT2D eigenvalue weighted by molar-refractivity contribution is 5.14. The van der Waals surface area contributed by atoms with E-state index in [1.807, 2.05) is 0 Å². The van der Waals surface area contributed by atoms with Crippen molar-refractivity contribution in [3.8, 4) is 0 Å². The van der Waals surface area contributed by atoms with Crippen molar-refractivity contribution < 1.29 is 4.74 Å². The quantitative estimate of drug-likeness (QED) is 0.782. The minimum absolute atomic E-state index is 0.483. The average molecular weight is 262 g/mol. The monoisotopic (exact) mass is 262 g/mol. The van der Waals surface area contributed by atoms with Gasteiger partial charge in [0.2, 0.25) is 0 Å². The van der Waals surface area contributed by atoms with Crippen LogP contribution in [0.2, 0.25) is 0 Å². The van der Waals surface area contributed by atoms with Gasteiger partial charge in [0.05, 0.1) is 6.10 Å². The molecule has 0 amide bonds. The molecule has 106 valence electrons. The molecule has 0 saturated carbocycles. The summed E-state index contributed by atoms with van der Waals surface area (Å²) in [5.74, 6) is 0. The van der Waals surface area contributed by atoms with Crippen LogP contribution in [0.5, 0.6) is 0 Å². The van der Waals surface area contributed by atoms with Crippen LogP contribution in [0, 0.1) is 0 Å². The number of nitrogens with zero attached hydrogens (tertiary/aromatic N) is 1. The lowest BCUT2D eigenvalue weighted by Gasteiger charge is -2.23. The van der Waals surface area contributed by atoms with Crippen LogP contribution in [0.3, 0.4) is 0 Å². The third kappa shape index (κ3) is 5.31. The lowest BCUT2D eigenvalue weighted by molar-refractivity contribution is 0.0907. The molecule has 19 heavy (non-hydrogen) atoms. The highest BCUT2D eigenvalue weighted by Crippen LogP contribution is 2.16. The number of rotatable bonds is 8. The molecule has 0 aromatic heterocycles. The van der Waals surface area contributed by atoms with Crippen LogP contribution >= 0.6 is 0 Å². The summed E-state index contributed by atoms with van der Waals surface area (Å²) in [4.78, 5) is 2.50. The molecule has 1 atom stereocenters. The van der Waals surface area contributed by atoms with Gasteiger partial charge in [0.15, 0.2) is 0 Å². The third-order valence-electron chi connectivity index (χ3n) is 3.72. The average Bonchev–Trinajstić information content (AvgIpc) is 2.96. The van der Waals surface area contributed by atoms with Gasteiger partial charge >= 0.3 is 0 Å². The van der Waals surface area contributed by atoms with Crippen LogP contribution in [0.15, 0.2) is 30.3 Å². The van der Waals surface area contributed by atoms with Gasteiger partial charge in [0, 0.05) is 19.7 Å². The van der Waals surface area contributed by atoms with E-state index in [9.17, 15) is 0 Å². The smallest absolute Gasteiger partial charge is 0.0588 e. The molecular formula is C16H26N2O. The van der Waals surface area contributed by atoms with E-state index in [1.165, 1.54) is 18.4 Å². The first-order chi connectivity index (χ1) is 9.38. The van der Waals surface area contributed by atoms with Gasteiger partial charge in [0.25, 0.3) is 0 Å². The van der Waals surface area contributed by atoms with Crippen molar-refractivity contribution in [3.05, 3.63) is 35.9 Å². The van der Waals surface area contributed by atoms with Gasteiger partial charge in [-0.15, -0.1) is 0 Å². The molecule has 3 heteroatoms. The summed E-state index contributed by atoms with van der Waals surface area (Å²) >= 11 is 0. The molecule has 3 nitrogen and oxygen atoms in total. The van der Waals surface area contributed by atoms with Gasteiger partial charge in [0.1, 0.15) is 0 Å². The minimum Gasteiger partial charge on any atom is -0.378 e. The Bertz CT molecular complexity index is 336. The van der Waals surface area contributed by atoms with E-state index in [-0.39, 0.29) is 0 Å². The standard InChI is InChI=1S/C16H26N2O/c17-10-5-11-18(12-9-16-8-4-13-19-16)14-15-6-2-1-3-7-15/h1-3,6-7,16H,4-5,8-14,17H2. The zero-order valence-electron chi connectivity index (χ0n) is 11.8. The van der Waals surface area contributed by atoms with Crippen LogP contribution in [0.1, 0.15) is 31.2 Å². The second-order valence-electron chi connectivity index (χ2n) is 5.33. The molecule has 2 rings (SSSR count). The third-order valence-corrected chi connectivity index (χ3v) is 3.72. The molecule has 0 bridgehead atoms. The zero-order valence-corrected chi connectivity index (χ0v) is 11.8. The maximum Gasteiger partial charge on any atom is 0.0588 e. The summed E-state index contributed by atoms with van der Waals surface area (Å²) in [5, 5.41) is 0. The molecule has 0 aliphatic carbocycles. The number of hydrogen-bond donors (Lipinski definition) is 1. The summed E-state index contributed by atoms with van der Waals surface area (Å²) in [5.41, 5.74) is 7.02. The van der Waals surface area contributed by atoms with E-state index in [4.69, 9.17) is 10.5 Å². The van der Waals surface area contributed by atoms with Crippen molar-refractivity contribution in [3.63, 3.8) is 0 Å². The van der Waals surface area contributed by atoms with Gasteiger partial charge in [-0.2, -0.15) is 0 Å². The molecule has 1 aliphatic heterocycles. The summed E-state index contributed by atoms with van der Waals surface area (Å²) in [6, 6.07) is 10.7. The van der Waals surface area contributed by atoms with Crippen LogP contribution in [-0.2, 0) is 11.3 Å². The topological polar surface area (TPSA) is 38.5 Å². The first-order valence-electron chi connectivity index (χ1n) is 7.46. The highest BCUT2D eigenvalue weighted by atomic mass is 16.5. The number of hydrogen-bond acceptors (Lipinski definition) is 3. The summed E-state index contributed by atoms with van der Waals surface area (Å²) < 4.78 is 5.71. The fraction of sp³-hybridized carbons (Fsp3) is 0.625. The van der Waals surface area contributed by atoms with Gasteiger partial charge in [-0.05, 0) is 44.3 Å². The van der Waals surface area contributed by atoms with Crippen LogP contribution in [0.25, 0.3) is 0 Å². The molecule has 1 aromatic rings. The van der Waals surface area contributed by atoms with Crippen molar-refractivity contribution in [2.45, 2.75) is 38.3 Å². The summed E-state index contributed by atoms with van der Waals surface area (Å²) in [6.45, 7) is 4.93. The van der Waals surface area contributed by atoms with Gasteiger partial charge in [-0.3, -0.25) is 4.90 Å². The van der Waals surface area contributed by atoms with Gasteiger partial charge < -0.3 is 10.5 Å². The number of benzene rings is 1. The fourth-order valence-corrected chi connectivity index (χ4v) is 2.63. The SMILES string of the molecule is NCCCN(CCC1CCCO1)Cc1ccccc1. The molecule has 2 N–H and O–H groups in total. The molecule has 1 saturated heterocycles. The molecule has 1 aliphatic rings. The van der Waals surface area contributed by atoms with E-state index in [0.29, 0.717) is 6.10 Å². The maximum atomic E-state index is 5.71. The van der Waals surface area contributed by atoms with Crippen LogP contribution in [0.4, 0.5) is 0 Å². The maximum absolute atomic E-state index is 5.71. The van der Waals surface area contributed by atoms with Crippen molar-refractivity contribution in [1.29, 1.82) is 0 Å². The molecule has 1 aromatic carbocycles. The first-order valence-corrected chi connectivity index (χ1v) is 7.46. The fourth-order valence-electron chi connectivity index (χ4n) is 2.63. The largest absolute Gasteiger partial charge is 0.378 e. The van der Waals surface area contributed by atoms with Crippen LogP contribution < -0.4 is 5.73 Å².